The number of nitrogens with two attached hydrogens (primary N) is 1. The fraction of sp³-hybridized carbons (Fsp3) is 0.412. The van der Waals surface area contributed by atoms with Gasteiger partial charge in [-0.05, 0) is 18.4 Å². The number of nitrogens with one attached hydrogen (secondary N) is 2. The summed E-state index contributed by atoms with van der Waals surface area (Å²) in [6, 6.07) is 7.37. The van der Waals surface area contributed by atoms with Crippen molar-refractivity contribution in [1.29, 1.82) is 0 Å². The van der Waals surface area contributed by atoms with Crippen LogP contribution in [0.2, 0.25) is 5.15 Å². The summed E-state index contributed by atoms with van der Waals surface area (Å²) >= 11 is 6.32. The minimum atomic E-state index is -0.176. The molecule has 0 aliphatic carbocycles. The van der Waals surface area contributed by atoms with Crippen LogP contribution in [-0.4, -0.2) is 15.9 Å². The third-order valence-electron chi connectivity index (χ3n) is 4.23. The van der Waals surface area contributed by atoms with Crippen LogP contribution in [0, 0.1) is 5.92 Å². The van der Waals surface area contributed by atoms with E-state index in [1.165, 1.54) is 0 Å². The van der Waals surface area contributed by atoms with E-state index in [9.17, 15) is 4.79 Å². The molecule has 0 radical (unpaired) electrons. The first-order chi connectivity index (χ1) is 11.0. The molecule has 1 amide bonds. The normalized spacial score (nSPS) is 22.3. The van der Waals surface area contributed by atoms with Crippen molar-refractivity contribution in [3.63, 3.8) is 0 Å². The van der Waals surface area contributed by atoms with Crippen LogP contribution in [0.25, 0.3) is 11.3 Å². The number of aromatic amines is 1. The van der Waals surface area contributed by atoms with E-state index >= 15 is 0 Å². The maximum Gasteiger partial charge on any atom is 0.224 e. The number of hydrogen-bond donors (Lipinski definition) is 3. The molecule has 23 heavy (non-hydrogen) atoms. The predicted molar refractivity (Wildman–Crippen MR) is 92.2 cm³/mol. The van der Waals surface area contributed by atoms with Crippen molar-refractivity contribution in [3.8, 4) is 11.3 Å². The van der Waals surface area contributed by atoms with Crippen LogP contribution in [0.15, 0.2) is 24.3 Å². The van der Waals surface area contributed by atoms with E-state index in [2.05, 4.69) is 22.2 Å². The Kier molecular flexibility index (Phi) is 4.68. The molecule has 0 spiro atoms. The molecular formula is C17H21ClN4O. The number of benzene rings is 1. The minimum absolute atomic E-state index is 0.0142. The second-order valence-corrected chi connectivity index (χ2v) is 6.60. The Morgan fingerprint density at radius 3 is 2.91 bits per heavy atom. The highest BCUT2D eigenvalue weighted by atomic mass is 35.5. The SMILES string of the molecule is CC1CCCC(N)c2nc(c(Cl)[nH]2)-c2ccccc2NC(=O)C1. The molecular weight excluding hydrogens is 312 g/mol. The zero-order chi connectivity index (χ0) is 16.4. The lowest BCUT2D eigenvalue weighted by atomic mass is 9.98. The molecule has 6 heteroatoms. The fourth-order valence-corrected chi connectivity index (χ4v) is 3.21. The largest absolute Gasteiger partial charge is 0.331 e. The van der Waals surface area contributed by atoms with Crippen molar-refractivity contribution in [2.24, 2.45) is 11.7 Å². The molecule has 2 heterocycles. The molecule has 1 aromatic carbocycles. The zero-order valence-electron chi connectivity index (χ0n) is 13.1. The van der Waals surface area contributed by atoms with Gasteiger partial charge in [0.05, 0.1) is 11.7 Å². The van der Waals surface area contributed by atoms with Crippen LogP contribution >= 0.6 is 11.6 Å². The lowest BCUT2D eigenvalue weighted by Gasteiger charge is -2.14. The zero-order valence-corrected chi connectivity index (χ0v) is 13.9. The summed E-state index contributed by atoms with van der Waals surface area (Å²) in [4.78, 5) is 19.9. The summed E-state index contributed by atoms with van der Waals surface area (Å²) in [6.45, 7) is 2.10. The number of carbonyl (C=O) groups is 1. The molecule has 3 rings (SSSR count). The minimum Gasteiger partial charge on any atom is -0.331 e. The highest BCUT2D eigenvalue weighted by Crippen LogP contribution is 2.33. The Morgan fingerprint density at radius 2 is 2.09 bits per heavy atom. The lowest BCUT2D eigenvalue weighted by Crippen LogP contribution is -2.16. The molecule has 2 aromatic rings. The van der Waals surface area contributed by atoms with E-state index in [1.54, 1.807) is 0 Å². The van der Waals surface area contributed by atoms with E-state index in [0.29, 0.717) is 29.0 Å². The molecule has 0 saturated heterocycles. The summed E-state index contributed by atoms with van der Waals surface area (Å²) in [5.74, 6) is 1.03. The number of para-hydroxylation sites is 1. The highest BCUT2D eigenvalue weighted by molar-refractivity contribution is 6.32. The molecule has 2 bridgehead atoms. The van der Waals surface area contributed by atoms with Gasteiger partial charge in [0, 0.05) is 12.0 Å². The highest BCUT2D eigenvalue weighted by Gasteiger charge is 2.20. The van der Waals surface area contributed by atoms with Gasteiger partial charge in [0.15, 0.2) is 0 Å². The number of anilines is 1. The van der Waals surface area contributed by atoms with Gasteiger partial charge in [0.1, 0.15) is 16.7 Å². The summed E-state index contributed by atoms with van der Waals surface area (Å²) in [7, 11) is 0. The number of rotatable bonds is 0. The number of hydrogen-bond acceptors (Lipinski definition) is 3. The number of H-pyrrole nitrogens is 1. The molecule has 5 nitrogen and oxygen atoms in total. The van der Waals surface area contributed by atoms with E-state index < -0.39 is 0 Å². The number of fused-ring (bicyclic) bond motifs is 4. The van der Waals surface area contributed by atoms with E-state index in [1.807, 2.05) is 24.3 Å². The third-order valence-corrected chi connectivity index (χ3v) is 4.50. The van der Waals surface area contributed by atoms with Gasteiger partial charge in [-0.3, -0.25) is 4.79 Å². The monoisotopic (exact) mass is 332 g/mol. The molecule has 4 N–H and O–H groups in total. The van der Waals surface area contributed by atoms with Crippen molar-refractivity contribution in [1.82, 2.24) is 9.97 Å². The van der Waals surface area contributed by atoms with Gasteiger partial charge < -0.3 is 16.0 Å². The van der Waals surface area contributed by atoms with Crippen molar-refractivity contribution in [2.45, 2.75) is 38.6 Å². The van der Waals surface area contributed by atoms with E-state index in [4.69, 9.17) is 17.3 Å². The standard InChI is InChI=1S/C17H21ClN4O/c1-10-5-4-7-12(19)17-21-15(16(18)22-17)11-6-2-3-8-13(11)20-14(23)9-10/h2-3,6,8,10,12H,4-5,7,9,19H2,1H3,(H,20,23)(H,21,22). The lowest BCUT2D eigenvalue weighted by molar-refractivity contribution is -0.117. The number of halogens is 1. The van der Waals surface area contributed by atoms with Gasteiger partial charge >= 0.3 is 0 Å². The first-order valence-electron chi connectivity index (χ1n) is 7.95. The number of imidazole rings is 1. The van der Waals surface area contributed by atoms with Crippen LogP contribution in [0.3, 0.4) is 0 Å². The molecule has 0 saturated carbocycles. The van der Waals surface area contributed by atoms with Crippen molar-refractivity contribution < 1.29 is 4.79 Å². The Labute approximate surface area is 140 Å². The maximum absolute atomic E-state index is 12.3. The molecule has 0 fully saturated rings. The van der Waals surface area contributed by atoms with E-state index in [-0.39, 0.29) is 11.9 Å². The van der Waals surface area contributed by atoms with Gasteiger partial charge in [0.2, 0.25) is 5.91 Å². The van der Waals surface area contributed by atoms with Crippen LogP contribution in [0.1, 0.15) is 44.5 Å². The van der Waals surface area contributed by atoms with E-state index in [0.717, 1.165) is 30.5 Å². The number of amides is 1. The second kappa shape index (κ2) is 6.72. The number of carbonyl (C=O) groups excluding carboxylic acids is 1. The topological polar surface area (TPSA) is 83.8 Å². The van der Waals surface area contributed by atoms with Gasteiger partial charge in [0.25, 0.3) is 0 Å². The molecule has 1 aromatic heterocycles. The van der Waals surface area contributed by atoms with Crippen LogP contribution < -0.4 is 11.1 Å². The van der Waals surface area contributed by atoms with Gasteiger partial charge in [-0.15, -0.1) is 0 Å². The average Bonchev–Trinajstić information content (AvgIpc) is 2.89. The molecule has 1 aliphatic heterocycles. The summed E-state index contributed by atoms with van der Waals surface area (Å²) in [6.07, 6.45) is 3.24. The van der Waals surface area contributed by atoms with Crippen molar-refractivity contribution >= 4 is 23.2 Å². The van der Waals surface area contributed by atoms with Crippen LogP contribution in [-0.2, 0) is 4.79 Å². The number of aromatic nitrogens is 2. The van der Waals surface area contributed by atoms with Gasteiger partial charge in [-0.2, -0.15) is 0 Å². The number of nitrogens with zero attached hydrogens (tertiary/aromatic N) is 1. The average molecular weight is 333 g/mol. The predicted octanol–water partition coefficient (Wildman–Crippen LogP) is 3.88. The second-order valence-electron chi connectivity index (χ2n) is 6.23. The Morgan fingerprint density at radius 1 is 1.30 bits per heavy atom. The quantitative estimate of drug-likeness (QED) is 0.684. The summed E-state index contributed by atoms with van der Waals surface area (Å²) in [5, 5.41) is 3.43. The van der Waals surface area contributed by atoms with Gasteiger partial charge in [-0.25, -0.2) is 4.98 Å². The third kappa shape index (κ3) is 3.57. The fourth-order valence-electron chi connectivity index (χ4n) is 2.96. The first-order valence-corrected chi connectivity index (χ1v) is 8.32. The smallest absolute Gasteiger partial charge is 0.224 e. The Hall–Kier alpha value is -1.85. The van der Waals surface area contributed by atoms with Crippen LogP contribution in [0.4, 0.5) is 5.69 Å². The Balaban J connectivity index is 2.04. The van der Waals surface area contributed by atoms with Gasteiger partial charge in [-0.1, -0.05) is 49.6 Å². The maximum atomic E-state index is 12.3. The van der Waals surface area contributed by atoms with Crippen LogP contribution in [0.5, 0.6) is 0 Å². The van der Waals surface area contributed by atoms with Crippen molar-refractivity contribution in [2.75, 3.05) is 5.32 Å². The summed E-state index contributed by atoms with van der Waals surface area (Å²) < 4.78 is 0. The summed E-state index contributed by atoms with van der Waals surface area (Å²) in [5.41, 5.74) is 8.37. The molecule has 122 valence electrons. The first kappa shape index (κ1) is 16.0. The molecule has 2 unspecified atom stereocenters. The molecule has 1 aliphatic rings. The van der Waals surface area contributed by atoms with Crippen molar-refractivity contribution in [3.05, 3.63) is 35.2 Å². The molecule has 2 atom stereocenters. The Bertz CT molecular complexity index is 712.